The topological polar surface area (TPSA) is 40.6 Å². The minimum Gasteiger partial charge on any atom is -0.371 e. The predicted octanol–water partition coefficient (Wildman–Crippen LogP) is 2.77. The molecule has 0 atom stereocenters. The van der Waals surface area contributed by atoms with Gasteiger partial charge >= 0.3 is 0 Å². The minimum atomic E-state index is -3.44. The molecule has 0 aromatic heterocycles. The summed E-state index contributed by atoms with van der Waals surface area (Å²) in [5.74, 6) is 3.27. The Balaban J connectivity index is 2.54. The van der Waals surface area contributed by atoms with Gasteiger partial charge in [0, 0.05) is 32.7 Å². The fourth-order valence-electron chi connectivity index (χ4n) is 2.48. The maximum Gasteiger partial charge on any atom is 0.242 e. The van der Waals surface area contributed by atoms with E-state index in [4.69, 9.17) is 0 Å². The van der Waals surface area contributed by atoms with E-state index in [0.29, 0.717) is 4.90 Å². The van der Waals surface area contributed by atoms with Gasteiger partial charge < -0.3 is 4.90 Å². The molecular weight excluding hydrogens is 324 g/mol. The molecule has 0 aliphatic carbocycles. The highest BCUT2D eigenvalue weighted by molar-refractivity contribution is 7.89. The van der Waals surface area contributed by atoms with Crippen LogP contribution in [-0.2, 0) is 10.0 Å². The van der Waals surface area contributed by atoms with E-state index in [1.807, 2.05) is 6.07 Å². The largest absolute Gasteiger partial charge is 0.371 e. The number of rotatable bonds is 3. The normalized spacial score (nSPS) is 15.7. The lowest BCUT2D eigenvalue weighted by atomic mass is 10.1. The molecule has 0 bridgehead atoms. The van der Waals surface area contributed by atoms with Gasteiger partial charge in [-0.3, -0.25) is 0 Å². The number of hydrogen-bond donors (Lipinski definition) is 0. The van der Waals surface area contributed by atoms with Crippen LogP contribution in [0, 0.1) is 11.5 Å². The van der Waals surface area contributed by atoms with E-state index in [9.17, 15) is 8.42 Å². The number of sulfonamides is 1. The third-order valence-corrected chi connectivity index (χ3v) is 6.45. The molecule has 23 heavy (non-hydrogen) atoms. The van der Waals surface area contributed by atoms with Gasteiger partial charge in [0.1, 0.15) is 8.07 Å². The van der Waals surface area contributed by atoms with Crippen LogP contribution in [0.5, 0.6) is 0 Å². The summed E-state index contributed by atoms with van der Waals surface area (Å²) in [6.07, 6.45) is 2.36. The molecule has 0 N–H and O–H groups in total. The van der Waals surface area contributed by atoms with E-state index in [0.717, 1.165) is 24.3 Å². The molecule has 4 nitrogen and oxygen atoms in total. The van der Waals surface area contributed by atoms with Crippen molar-refractivity contribution in [2.45, 2.75) is 37.4 Å². The van der Waals surface area contributed by atoms with Crippen molar-refractivity contribution in [3.63, 3.8) is 0 Å². The summed E-state index contributed by atoms with van der Waals surface area (Å²) in [5.41, 5.74) is 5.26. The molecule has 0 unspecified atom stereocenters. The summed E-state index contributed by atoms with van der Waals surface area (Å²) in [7, 11) is -1.86. The summed E-state index contributed by atoms with van der Waals surface area (Å²) in [4.78, 5) is 2.62. The Bertz CT molecular complexity index is 734. The lowest BCUT2D eigenvalue weighted by Gasteiger charge is -2.21. The van der Waals surface area contributed by atoms with Crippen LogP contribution in [-0.4, -0.2) is 48.0 Å². The van der Waals surface area contributed by atoms with Crippen molar-refractivity contribution in [3.8, 4) is 11.5 Å². The molecule has 0 amide bonds. The molecule has 1 aromatic rings. The Morgan fingerprint density at radius 2 is 1.74 bits per heavy atom. The van der Waals surface area contributed by atoms with Crippen LogP contribution in [0.1, 0.15) is 18.4 Å². The van der Waals surface area contributed by atoms with Crippen molar-refractivity contribution < 1.29 is 8.42 Å². The molecule has 1 aliphatic rings. The van der Waals surface area contributed by atoms with Gasteiger partial charge in [-0.2, -0.15) is 0 Å². The molecule has 1 heterocycles. The Morgan fingerprint density at radius 3 is 2.26 bits per heavy atom. The van der Waals surface area contributed by atoms with Gasteiger partial charge in [-0.1, -0.05) is 25.6 Å². The van der Waals surface area contributed by atoms with Crippen molar-refractivity contribution in [1.29, 1.82) is 0 Å². The number of nitrogens with zero attached hydrogens (tertiary/aromatic N) is 2. The van der Waals surface area contributed by atoms with E-state index >= 15 is 0 Å². The molecule has 0 saturated carbocycles. The number of anilines is 1. The second kappa shape index (κ2) is 6.68. The van der Waals surface area contributed by atoms with Gasteiger partial charge in [0.25, 0.3) is 0 Å². The Morgan fingerprint density at radius 1 is 1.13 bits per heavy atom. The van der Waals surface area contributed by atoms with Crippen LogP contribution in [0.3, 0.4) is 0 Å². The van der Waals surface area contributed by atoms with Gasteiger partial charge in [0.15, 0.2) is 0 Å². The third-order valence-electron chi connectivity index (χ3n) is 3.77. The highest BCUT2D eigenvalue weighted by Crippen LogP contribution is 2.27. The van der Waals surface area contributed by atoms with E-state index in [1.165, 1.54) is 17.1 Å². The maximum absolute atomic E-state index is 12.4. The smallest absolute Gasteiger partial charge is 0.242 e. The molecule has 0 radical (unpaired) electrons. The zero-order valence-corrected chi connectivity index (χ0v) is 16.5. The van der Waals surface area contributed by atoms with Gasteiger partial charge in [-0.25, -0.2) is 12.7 Å². The average molecular weight is 351 g/mol. The Labute approximate surface area is 141 Å². The van der Waals surface area contributed by atoms with E-state index < -0.39 is 18.1 Å². The van der Waals surface area contributed by atoms with Crippen molar-refractivity contribution in [1.82, 2.24) is 4.31 Å². The van der Waals surface area contributed by atoms with E-state index in [1.54, 1.807) is 26.2 Å². The van der Waals surface area contributed by atoms with Gasteiger partial charge in [0.2, 0.25) is 10.0 Å². The van der Waals surface area contributed by atoms with Crippen LogP contribution in [0.15, 0.2) is 23.1 Å². The molecule has 1 aromatic carbocycles. The van der Waals surface area contributed by atoms with E-state index in [-0.39, 0.29) is 0 Å². The third kappa shape index (κ3) is 4.37. The fraction of sp³-hybridized carbons (Fsp3) is 0.529. The lowest BCUT2D eigenvalue weighted by molar-refractivity contribution is 0.520. The van der Waals surface area contributed by atoms with Crippen molar-refractivity contribution in [2.24, 2.45) is 0 Å². The van der Waals surface area contributed by atoms with Crippen molar-refractivity contribution in [3.05, 3.63) is 23.8 Å². The minimum absolute atomic E-state index is 0.310. The summed E-state index contributed by atoms with van der Waals surface area (Å²) in [6, 6.07) is 5.34. The standard InChI is InChI=1S/C17H26N2O2SSi/c1-18(2)22(20,21)16-8-9-17(19-11-6-7-12-19)15(14-16)10-13-23(3,4)5/h8-9,14H,6-7,11-12H2,1-5H3. The second-order valence-electron chi connectivity index (χ2n) is 7.16. The lowest BCUT2D eigenvalue weighted by Crippen LogP contribution is -2.23. The molecule has 1 fully saturated rings. The maximum atomic E-state index is 12.4. The quantitative estimate of drug-likeness (QED) is 0.622. The fourth-order valence-corrected chi connectivity index (χ4v) is 3.91. The van der Waals surface area contributed by atoms with Crippen LogP contribution < -0.4 is 4.90 Å². The first-order chi connectivity index (χ1) is 10.6. The summed E-state index contributed by atoms with van der Waals surface area (Å²) in [5, 5.41) is 0. The van der Waals surface area contributed by atoms with Gasteiger partial charge in [-0.05, 0) is 31.0 Å². The first kappa shape index (κ1) is 18.1. The first-order valence-corrected chi connectivity index (χ1v) is 12.9. The van der Waals surface area contributed by atoms with Gasteiger partial charge in [-0.15, -0.1) is 5.54 Å². The zero-order valence-electron chi connectivity index (χ0n) is 14.7. The van der Waals surface area contributed by atoms with Crippen molar-refractivity contribution >= 4 is 23.8 Å². The number of hydrogen-bond acceptors (Lipinski definition) is 3. The molecule has 126 valence electrons. The summed E-state index contributed by atoms with van der Waals surface area (Å²) >= 11 is 0. The molecular formula is C17H26N2O2SSi. The molecule has 1 saturated heterocycles. The monoisotopic (exact) mass is 350 g/mol. The summed E-state index contributed by atoms with van der Waals surface area (Å²) < 4.78 is 26.0. The summed E-state index contributed by atoms with van der Waals surface area (Å²) in [6.45, 7) is 8.60. The molecule has 0 spiro atoms. The predicted molar refractivity (Wildman–Crippen MR) is 99.0 cm³/mol. The SMILES string of the molecule is CN(C)S(=O)(=O)c1ccc(N2CCCC2)c(C#C[Si](C)(C)C)c1. The Hall–Kier alpha value is -1.29. The first-order valence-electron chi connectivity index (χ1n) is 7.96. The van der Waals surface area contributed by atoms with E-state index in [2.05, 4.69) is 36.0 Å². The van der Waals surface area contributed by atoms with Crippen LogP contribution in [0.2, 0.25) is 19.6 Å². The zero-order chi connectivity index (χ0) is 17.3. The molecule has 1 aliphatic heterocycles. The highest BCUT2D eigenvalue weighted by atomic mass is 32.2. The van der Waals surface area contributed by atoms with Crippen molar-refractivity contribution in [2.75, 3.05) is 32.1 Å². The van der Waals surface area contributed by atoms with Crippen LogP contribution >= 0.6 is 0 Å². The Kier molecular flexibility index (Phi) is 5.24. The molecule has 6 heteroatoms. The molecule has 2 rings (SSSR count). The van der Waals surface area contributed by atoms with Crippen LogP contribution in [0.4, 0.5) is 5.69 Å². The van der Waals surface area contributed by atoms with Gasteiger partial charge in [0.05, 0.1) is 10.6 Å². The number of benzene rings is 1. The van der Waals surface area contributed by atoms with Crippen LogP contribution in [0.25, 0.3) is 0 Å². The highest BCUT2D eigenvalue weighted by Gasteiger charge is 2.21. The average Bonchev–Trinajstić information content (AvgIpc) is 2.97. The second-order valence-corrected chi connectivity index (χ2v) is 14.1.